The molecule has 0 fully saturated rings. The van der Waals surface area contributed by atoms with Crippen molar-refractivity contribution in [1.82, 2.24) is 9.97 Å². The Morgan fingerprint density at radius 2 is 2.12 bits per heavy atom. The van der Waals surface area contributed by atoms with Crippen LogP contribution in [0.2, 0.25) is 5.02 Å². The maximum Gasteiger partial charge on any atom is 0.255 e. The van der Waals surface area contributed by atoms with E-state index in [1.807, 2.05) is 12.1 Å². The van der Waals surface area contributed by atoms with Gasteiger partial charge in [-0.3, -0.25) is 9.78 Å². The molecule has 26 heavy (non-hydrogen) atoms. The minimum absolute atomic E-state index is 0.0225. The second-order valence-electron chi connectivity index (χ2n) is 7.45. The summed E-state index contributed by atoms with van der Waals surface area (Å²) in [7, 11) is 0. The maximum atomic E-state index is 12.4. The van der Waals surface area contributed by atoms with Crippen LogP contribution in [0.3, 0.4) is 0 Å². The van der Waals surface area contributed by atoms with Gasteiger partial charge in [-0.2, -0.15) is 0 Å². The van der Waals surface area contributed by atoms with Crippen LogP contribution in [0.1, 0.15) is 36.1 Å². The quantitative estimate of drug-likeness (QED) is 0.810. The minimum atomic E-state index is -0.0846. The van der Waals surface area contributed by atoms with Crippen LogP contribution in [0.4, 0.5) is 11.6 Å². The molecule has 134 valence electrons. The standard InChI is InChI=1S/C20H21ClN4O/c21-14-5-3-7-16-17(14)20(12-22-16)8-10-25(11-9-20)19-23-15-6-2-1-4-13(15)18(26)24-19/h3,5,7-8,10,22H,1-2,4,6,9,11-12H2,(H,23,24,26)/t20-/m1/s1. The van der Waals surface area contributed by atoms with E-state index >= 15 is 0 Å². The summed E-state index contributed by atoms with van der Waals surface area (Å²) in [5.74, 6) is 0.659. The third kappa shape index (κ3) is 2.37. The van der Waals surface area contributed by atoms with Crippen LogP contribution in [0.25, 0.3) is 0 Å². The molecular formula is C20H21ClN4O. The highest BCUT2D eigenvalue weighted by atomic mass is 35.5. The lowest BCUT2D eigenvalue weighted by atomic mass is 9.77. The van der Waals surface area contributed by atoms with Gasteiger partial charge < -0.3 is 10.2 Å². The zero-order valence-electron chi connectivity index (χ0n) is 14.5. The summed E-state index contributed by atoms with van der Waals surface area (Å²) >= 11 is 6.50. The summed E-state index contributed by atoms with van der Waals surface area (Å²) in [5.41, 5.74) is 4.09. The Morgan fingerprint density at radius 1 is 1.23 bits per heavy atom. The van der Waals surface area contributed by atoms with E-state index in [2.05, 4.69) is 33.5 Å². The number of anilines is 2. The first-order valence-corrected chi connectivity index (χ1v) is 9.65. The lowest BCUT2D eigenvalue weighted by Crippen LogP contribution is -2.38. The van der Waals surface area contributed by atoms with Gasteiger partial charge in [-0.15, -0.1) is 0 Å². The third-order valence-corrected chi connectivity index (χ3v) is 6.24. The van der Waals surface area contributed by atoms with Crippen molar-refractivity contribution in [3.05, 3.63) is 62.7 Å². The number of fused-ring (bicyclic) bond motifs is 3. The van der Waals surface area contributed by atoms with Gasteiger partial charge in [-0.05, 0) is 44.2 Å². The van der Waals surface area contributed by atoms with Crippen LogP contribution in [-0.2, 0) is 18.3 Å². The van der Waals surface area contributed by atoms with Crippen LogP contribution in [0.15, 0.2) is 35.3 Å². The minimum Gasteiger partial charge on any atom is -0.384 e. The lowest BCUT2D eigenvalue weighted by Gasteiger charge is -2.34. The van der Waals surface area contributed by atoms with Gasteiger partial charge in [0, 0.05) is 46.5 Å². The van der Waals surface area contributed by atoms with E-state index in [9.17, 15) is 4.79 Å². The molecule has 0 saturated heterocycles. The highest BCUT2D eigenvalue weighted by Crippen LogP contribution is 2.46. The van der Waals surface area contributed by atoms with Gasteiger partial charge in [0.15, 0.2) is 0 Å². The molecule has 2 aliphatic heterocycles. The number of H-pyrrole nitrogens is 1. The Kier molecular flexibility index (Phi) is 3.60. The molecule has 0 saturated carbocycles. The molecule has 1 aliphatic carbocycles. The van der Waals surface area contributed by atoms with Crippen molar-refractivity contribution in [2.24, 2.45) is 0 Å². The lowest BCUT2D eigenvalue weighted by molar-refractivity contribution is 0.517. The Bertz CT molecular complexity index is 967. The molecule has 5 rings (SSSR count). The molecule has 5 nitrogen and oxygen atoms in total. The number of hydrogen-bond acceptors (Lipinski definition) is 4. The van der Waals surface area contributed by atoms with Crippen molar-refractivity contribution in [2.45, 2.75) is 37.5 Å². The van der Waals surface area contributed by atoms with Gasteiger partial charge in [0.25, 0.3) is 5.56 Å². The Labute approximate surface area is 157 Å². The van der Waals surface area contributed by atoms with Crippen LogP contribution in [0.5, 0.6) is 0 Å². The van der Waals surface area contributed by atoms with Gasteiger partial charge in [0.1, 0.15) is 0 Å². The number of rotatable bonds is 1. The number of aryl methyl sites for hydroxylation is 1. The summed E-state index contributed by atoms with van der Waals surface area (Å²) in [6.45, 7) is 1.65. The van der Waals surface area contributed by atoms with Gasteiger partial charge in [-0.1, -0.05) is 23.7 Å². The monoisotopic (exact) mass is 368 g/mol. The highest BCUT2D eigenvalue weighted by Gasteiger charge is 2.40. The summed E-state index contributed by atoms with van der Waals surface area (Å²) in [6, 6.07) is 6.02. The summed E-state index contributed by atoms with van der Waals surface area (Å²) in [5, 5.41) is 4.29. The second-order valence-corrected chi connectivity index (χ2v) is 7.86. The number of aromatic amines is 1. The van der Waals surface area contributed by atoms with Gasteiger partial charge in [0.05, 0.1) is 5.69 Å². The molecule has 0 unspecified atom stereocenters. The molecule has 3 aliphatic rings. The molecular weight excluding hydrogens is 348 g/mol. The number of hydrogen-bond donors (Lipinski definition) is 2. The highest BCUT2D eigenvalue weighted by molar-refractivity contribution is 6.32. The Hall–Kier alpha value is -2.27. The Balaban J connectivity index is 1.49. The summed E-state index contributed by atoms with van der Waals surface area (Å²) in [6.07, 6.45) is 9.13. The molecule has 1 atom stereocenters. The molecule has 3 heterocycles. The van der Waals surface area contributed by atoms with Crippen molar-refractivity contribution in [2.75, 3.05) is 23.3 Å². The second kappa shape index (κ2) is 5.88. The predicted molar refractivity (Wildman–Crippen MR) is 104 cm³/mol. The topological polar surface area (TPSA) is 61.0 Å². The summed E-state index contributed by atoms with van der Waals surface area (Å²) < 4.78 is 0. The van der Waals surface area contributed by atoms with E-state index < -0.39 is 0 Å². The van der Waals surface area contributed by atoms with Gasteiger partial charge in [0.2, 0.25) is 5.95 Å². The number of halogens is 1. The Morgan fingerprint density at radius 3 is 2.96 bits per heavy atom. The number of aromatic nitrogens is 2. The van der Waals surface area contributed by atoms with Crippen LogP contribution in [0, 0.1) is 0 Å². The molecule has 1 aromatic heterocycles. The van der Waals surface area contributed by atoms with Crippen LogP contribution >= 0.6 is 11.6 Å². The van der Waals surface area contributed by atoms with E-state index in [1.54, 1.807) is 0 Å². The first-order chi connectivity index (χ1) is 12.7. The van der Waals surface area contributed by atoms with Crippen molar-refractivity contribution >= 4 is 23.2 Å². The van der Waals surface area contributed by atoms with Crippen LogP contribution in [-0.4, -0.2) is 23.1 Å². The van der Waals surface area contributed by atoms with Crippen molar-refractivity contribution < 1.29 is 0 Å². The number of nitrogens with one attached hydrogen (secondary N) is 2. The van der Waals surface area contributed by atoms with Gasteiger partial charge >= 0.3 is 0 Å². The normalized spacial score (nSPS) is 23.7. The molecule has 1 aromatic carbocycles. The van der Waals surface area contributed by atoms with E-state index in [4.69, 9.17) is 16.6 Å². The van der Waals surface area contributed by atoms with E-state index in [0.717, 1.165) is 67.2 Å². The number of nitrogens with zero attached hydrogens (tertiary/aromatic N) is 2. The number of benzene rings is 1. The van der Waals surface area contributed by atoms with Crippen molar-refractivity contribution in [3.8, 4) is 0 Å². The van der Waals surface area contributed by atoms with Gasteiger partial charge in [-0.25, -0.2) is 4.98 Å². The third-order valence-electron chi connectivity index (χ3n) is 5.93. The fourth-order valence-corrected chi connectivity index (χ4v) is 4.85. The average Bonchev–Trinajstić information content (AvgIpc) is 3.02. The first kappa shape index (κ1) is 15.9. The molecule has 0 bridgehead atoms. The molecule has 2 N–H and O–H groups in total. The van der Waals surface area contributed by atoms with E-state index in [0.29, 0.717) is 5.95 Å². The molecule has 2 aromatic rings. The molecule has 1 spiro atoms. The largest absolute Gasteiger partial charge is 0.384 e. The molecule has 6 heteroatoms. The van der Waals surface area contributed by atoms with Crippen molar-refractivity contribution in [3.63, 3.8) is 0 Å². The fourth-order valence-electron chi connectivity index (χ4n) is 4.49. The SMILES string of the molecule is O=c1[nH]c(N2C=C[C@@]3(CC2)CNc2cccc(Cl)c23)nc2c1CCCC2. The zero-order chi connectivity index (χ0) is 17.7. The fraction of sp³-hybridized carbons (Fsp3) is 0.400. The summed E-state index contributed by atoms with van der Waals surface area (Å²) in [4.78, 5) is 22.2. The molecule has 0 amide bonds. The molecule has 0 radical (unpaired) electrons. The van der Waals surface area contributed by atoms with Crippen LogP contribution < -0.4 is 15.8 Å². The van der Waals surface area contributed by atoms with E-state index in [-0.39, 0.29) is 11.0 Å². The first-order valence-electron chi connectivity index (χ1n) is 9.27. The smallest absolute Gasteiger partial charge is 0.255 e. The van der Waals surface area contributed by atoms with E-state index in [1.165, 1.54) is 5.56 Å². The average molecular weight is 369 g/mol. The maximum absolute atomic E-state index is 12.4. The predicted octanol–water partition coefficient (Wildman–Crippen LogP) is 3.39. The zero-order valence-corrected chi connectivity index (χ0v) is 15.3. The van der Waals surface area contributed by atoms with Crippen molar-refractivity contribution in [1.29, 1.82) is 0 Å².